The zero-order valence-electron chi connectivity index (χ0n) is 5.46. The molecule has 4 atom stereocenters. The van der Waals surface area contributed by atoms with Crippen molar-refractivity contribution in [3.05, 3.63) is 0 Å². The van der Waals surface area contributed by atoms with E-state index in [0.717, 1.165) is 19.3 Å². The highest BCUT2D eigenvalue weighted by molar-refractivity contribution is 7.17. The highest BCUT2D eigenvalue weighted by Crippen LogP contribution is 2.23. The van der Waals surface area contributed by atoms with Gasteiger partial charge in [0, 0.05) is 6.04 Å². The largest absolute Gasteiger partial charge is 0.393 e. The quantitative estimate of drug-likeness (QED) is 0.477. The van der Waals surface area contributed by atoms with Crippen molar-refractivity contribution in [2.75, 3.05) is 0 Å². The van der Waals surface area contributed by atoms with E-state index in [2.05, 4.69) is 9.24 Å². The number of hydrogen-bond acceptors (Lipinski definition) is 2. The van der Waals surface area contributed by atoms with Crippen molar-refractivity contribution in [1.82, 2.24) is 0 Å². The number of rotatable bonds is 0. The van der Waals surface area contributed by atoms with Crippen molar-refractivity contribution in [1.29, 1.82) is 0 Å². The lowest BCUT2D eigenvalue weighted by Gasteiger charge is -2.27. The van der Waals surface area contributed by atoms with E-state index < -0.39 is 0 Å². The average molecular weight is 147 g/mol. The molecule has 0 aromatic carbocycles. The molecule has 0 radical (unpaired) electrons. The molecule has 0 aromatic heterocycles. The fourth-order valence-corrected chi connectivity index (χ4v) is 2.04. The van der Waals surface area contributed by atoms with E-state index in [0.29, 0.717) is 5.66 Å². The normalized spacial score (nSPS) is 45.0. The second-order valence-electron chi connectivity index (χ2n) is 2.88. The standard InChI is InChI=1S/C6H14NOP/c7-4-1-5(8)3-6(9)2-4/h4-6,8H,1-3,7,9H2. The van der Waals surface area contributed by atoms with E-state index in [-0.39, 0.29) is 12.1 Å². The maximum Gasteiger partial charge on any atom is 0.0560 e. The molecule has 1 aliphatic rings. The fourth-order valence-electron chi connectivity index (χ4n) is 1.38. The molecule has 54 valence electrons. The van der Waals surface area contributed by atoms with Crippen LogP contribution in [0.3, 0.4) is 0 Å². The van der Waals surface area contributed by atoms with Gasteiger partial charge in [0.15, 0.2) is 0 Å². The monoisotopic (exact) mass is 147 g/mol. The van der Waals surface area contributed by atoms with Crippen molar-refractivity contribution < 1.29 is 5.11 Å². The van der Waals surface area contributed by atoms with Crippen LogP contribution in [0.15, 0.2) is 0 Å². The Hall–Kier alpha value is 0.350. The average Bonchev–Trinajstić information content (AvgIpc) is 1.59. The van der Waals surface area contributed by atoms with Crippen LogP contribution in [0.2, 0.25) is 0 Å². The first-order valence-electron chi connectivity index (χ1n) is 3.37. The first-order valence-corrected chi connectivity index (χ1v) is 4.04. The molecule has 1 fully saturated rings. The third-order valence-electron chi connectivity index (χ3n) is 1.76. The van der Waals surface area contributed by atoms with Gasteiger partial charge in [-0.25, -0.2) is 0 Å². The Bertz CT molecular complexity index is 74.0. The second-order valence-corrected chi connectivity index (χ2v) is 3.82. The maximum atomic E-state index is 9.16. The van der Waals surface area contributed by atoms with Crippen LogP contribution in [0.25, 0.3) is 0 Å². The fraction of sp³-hybridized carbons (Fsp3) is 1.00. The lowest BCUT2D eigenvalue weighted by Crippen LogP contribution is -2.35. The Kier molecular flexibility index (Phi) is 2.45. The predicted octanol–water partition coefficient (Wildman–Crippen LogP) is 0.102. The molecule has 0 aliphatic heterocycles. The molecule has 3 N–H and O–H groups in total. The number of hydrogen-bond donors (Lipinski definition) is 2. The third kappa shape index (κ3) is 2.21. The molecule has 4 unspecified atom stereocenters. The van der Waals surface area contributed by atoms with Gasteiger partial charge in [0.1, 0.15) is 0 Å². The summed E-state index contributed by atoms with van der Waals surface area (Å²) in [5.41, 5.74) is 6.17. The van der Waals surface area contributed by atoms with Gasteiger partial charge >= 0.3 is 0 Å². The summed E-state index contributed by atoms with van der Waals surface area (Å²) in [6, 6.07) is 0.219. The van der Waals surface area contributed by atoms with Gasteiger partial charge < -0.3 is 10.8 Å². The molecular formula is C6H14NOP. The Morgan fingerprint density at radius 2 is 2.00 bits per heavy atom. The van der Waals surface area contributed by atoms with Gasteiger partial charge in [0.2, 0.25) is 0 Å². The molecule has 3 heteroatoms. The minimum atomic E-state index is -0.156. The Morgan fingerprint density at radius 3 is 2.44 bits per heavy atom. The van der Waals surface area contributed by atoms with E-state index in [1.165, 1.54) is 0 Å². The van der Waals surface area contributed by atoms with Crippen LogP contribution >= 0.6 is 9.24 Å². The van der Waals surface area contributed by atoms with Gasteiger partial charge in [-0.1, -0.05) is 0 Å². The Balaban J connectivity index is 2.34. The van der Waals surface area contributed by atoms with Gasteiger partial charge in [-0.05, 0) is 24.9 Å². The van der Waals surface area contributed by atoms with Crippen LogP contribution in [0.5, 0.6) is 0 Å². The van der Waals surface area contributed by atoms with Crippen molar-refractivity contribution in [2.45, 2.75) is 37.1 Å². The summed E-state index contributed by atoms with van der Waals surface area (Å²) in [5.74, 6) is 0. The molecule has 0 heterocycles. The smallest absolute Gasteiger partial charge is 0.0560 e. The summed E-state index contributed by atoms with van der Waals surface area (Å²) in [7, 11) is 2.71. The summed E-state index contributed by atoms with van der Waals surface area (Å²) in [6.45, 7) is 0. The summed E-state index contributed by atoms with van der Waals surface area (Å²) in [6.07, 6.45) is 2.57. The van der Waals surface area contributed by atoms with Crippen molar-refractivity contribution in [3.63, 3.8) is 0 Å². The SMILES string of the molecule is NC1CC(O)CC(P)C1. The molecule has 0 spiro atoms. The van der Waals surface area contributed by atoms with Crippen LogP contribution in [0.1, 0.15) is 19.3 Å². The Morgan fingerprint density at radius 1 is 1.33 bits per heavy atom. The number of aliphatic hydroxyl groups excluding tert-OH is 1. The van der Waals surface area contributed by atoms with Gasteiger partial charge in [-0.2, -0.15) is 0 Å². The van der Waals surface area contributed by atoms with E-state index in [4.69, 9.17) is 10.8 Å². The van der Waals surface area contributed by atoms with E-state index in [1.807, 2.05) is 0 Å². The summed E-state index contributed by atoms with van der Waals surface area (Å²) in [5, 5.41) is 9.16. The van der Waals surface area contributed by atoms with Crippen LogP contribution in [-0.2, 0) is 0 Å². The van der Waals surface area contributed by atoms with E-state index in [1.54, 1.807) is 0 Å². The first kappa shape index (κ1) is 7.46. The minimum absolute atomic E-state index is 0.156. The number of aliphatic hydroxyl groups is 1. The van der Waals surface area contributed by atoms with Gasteiger partial charge in [0.05, 0.1) is 6.10 Å². The van der Waals surface area contributed by atoms with E-state index >= 15 is 0 Å². The predicted molar refractivity (Wildman–Crippen MR) is 41.3 cm³/mol. The highest BCUT2D eigenvalue weighted by Gasteiger charge is 2.21. The molecular weight excluding hydrogens is 133 g/mol. The molecule has 2 nitrogen and oxygen atoms in total. The molecule has 0 aromatic rings. The topological polar surface area (TPSA) is 46.2 Å². The molecule has 1 rings (SSSR count). The summed E-state index contributed by atoms with van der Waals surface area (Å²) >= 11 is 0. The molecule has 0 bridgehead atoms. The molecule has 0 saturated heterocycles. The number of nitrogens with two attached hydrogens (primary N) is 1. The summed E-state index contributed by atoms with van der Waals surface area (Å²) < 4.78 is 0. The van der Waals surface area contributed by atoms with Crippen LogP contribution in [-0.4, -0.2) is 22.9 Å². The van der Waals surface area contributed by atoms with Crippen LogP contribution in [0.4, 0.5) is 0 Å². The first-order chi connectivity index (χ1) is 4.18. The van der Waals surface area contributed by atoms with Crippen LogP contribution in [0, 0.1) is 0 Å². The molecule has 9 heavy (non-hydrogen) atoms. The molecule has 1 saturated carbocycles. The lowest BCUT2D eigenvalue weighted by molar-refractivity contribution is 0.123. The van der Waals surface area contributed by atoms with Crippen LogP contribution < -0.4 is 5.73 Å². The molecule has 0 amide bonds. The Labute approximate surface area is 58.0 Å². The zero-order chi connectivity index (χ0) is 6.85. The van der Waals surface area contributed by atoms with Crippen molar-refractivity contribution in [2.24, 2.45) is 5.73 Å². The lowest BCUT2D eigenvalue weighted by atomic mass is 9.93. The van der Waals surface area contributed by atoms with E-state index in [9.17, 15) is 0 Å². The second kappa shape index (κ2) is 2.96. The maximum absolute atomic E-state index is 9.16. The minimum Gasteiger partial charge on any atom is -0.393 e. The van der Waals surface area contributed by atoms with Crippen molar-refractivity contribution >= 4 is 9.24 Å². The van der Waals surface area contributed by atoms with Gasteiger partial charge in [0.25, 0.3) is 0 Å². The molecule has 1 aliphatic carbocycles. The van der Waals surface area contributed by atoms with Gasteiger partial charge in [-0.3, -0.25) is 0 Å². The highest BCUT2D eigenvalue weighted by atomic mass is 31.0. The van der Waals surface area contributed by atoms with Crippen molar-refractivity contribution in [3.8, 4) is 0 Å². The van der Waals surface area contributed by atoms with Gasteiger partial charge in [-0.15, -0.1) is 9.24 Å². The third-order valence-corrected chi connectivity index (χ3v) is 2.30. The summed E-state index contributed by atoms with van der Waals surface area (Å²) in [4.78, 5) is 0. The zero-order valence-corrected chi connectivity index (χ0v) is 6.61.